The summed E-state index contributed by atoms with van der Waals surface area (Å²) in [6.45, 7) is 0. The molecule has 5 rings (SSSR count). The molecule has 0 amide bonds. The van der Waals surface area contributed by atoms with Gasteiger partial charge in [0.05, 0.1) is 11.0 Å². The largest absolute Gasteiger partial charge is 0.326 e. The van der Waals surface area contributed by atoms with Gasteiger partial charge in [-0.05, 0) is 42.5 Å². The first kappa shape index (κ1) is 16.0. The fraction of sp³-hybridized carbons (Fsp3) is 0.227. The Hall–Kier alpha value is -3.21. The quantitative estimate of drug-likeness (QED) is 0.590. The molecule has 2 aromatic heterocycles. The fourth-order valence-electron chi connectivity index (χ4n) is 3.53. The van der Waals surface area contributed by atoms with Gasteiger partial charge >= 0.3 is 5.69 Å². The second kappa shape index (κ2) is 6.50. The van der Waals surface area contributed by atoms with Crippen molar-refractivity contribution < 1.29 is 0 Å². The van der Waals surface area contributed by atoms with Gasteiger partial charge in [-0.3, -0.25) is 4.57 Å². The molecule has 1 N–H and O–H groups in total. The van der Waals surface area contributed by atoms with E-state index in [0.29, 0.717) is 6.04 Å². The van der Waals surface area contributed by atoms with Gasteiger partial charge < -0.3 is 4.98 Å². The van der Waals surface area contributed by atoms with Crippen LogP contribution in [0.2, 0.25) is 0 Å². The van der Waals surface area contributed by atoms with Gasteiger partial charge in [0.25, 0.3) is 0 Å². The first-order valence-corrected chi connectivity index (χ1v) is 9.37. The van der Waals surface area contributed by atoms with E-state index >= 15 is 0 Å². The Morgan fingerprint density at radius 1 is 0.963 bits per heavy atom. The van der Waals surface area contributed by atoms with E-state index in [0.717, 1.165) is 53.7 Å². The van der Waals surface area contributed by atoms with Gasteiger partial charge in [-0.1, -0.05) is 36.4 Å². The molecule has 1 aliphatic carbocycles. The monoisotopic (exact) mass is 356 g/mol. The summed E-state index contributed by atoms with van der Waals surface area (Å²) in [5, 5.41) is 0. The highest BCUT2D eigenvalue weighted by molar-refractivity contribution is 5.82. The molecule has 27 heavy (non-hydrogen) atoms. The van der Waals surface area contributed by atoms with E-state index < -0.39 is 0 Å². The first-order valence-electron chi connectivity index (χ1n) is 9.37. The number of benzene rings is 2. The number of fused-ring (bicyclic) bond motifs is 1. The lowest BCUT2D eigenvalue weighted by Crippen LogP contribution is -2.14. The average molecular weight is 356 g/mol. The van der Waals surface area contributed by atoms with Crippen LogP contribution in [-0.4, -0.2) is 19.5 Å². The van der Waals surface area contributed by atoms with E-state index in [4.69, 9.17) is 0 Å². The molecule has 5 nitrogen and oxygen atoms in total. The molecule has 1 fully saturated rings. The van der Waals surface area contributed by atoms with Crippen LogP contribution in [0.3, 0.4) is 0 Å². The van der Waals surface area contributed by atoms with Crippen LogP contribution in [0.5, 0.6) is 0 Å². The number of hydrogen-bond donors (Lipinski definition) is 1. The van der Waals surface area contributed by atoms with E-state index in [1.807, 2.05) is 35.2 Å². The van der Waals surface area contributed by atoms with Gasteiger partial charge in [-0.25, -0.2) is 14.8 Å². The van der Waals surface area contributed by atoms with E-state index in [9.17, 15) is 4.79 Å². The summed E-state index contributed by atoms with van der Waals surface area (Å²) < 4.78 is 1.88. The number of imidazole rings is 1. The number of aromatic amines is 1. The van der Waals surface area contributed by atoms with Crippen molar-refractivity contribution in [3.05, 3.63) is 82.8 Å². The highest BCUT2D eigenvalue weighted by Crippen LogP contribution is 2.36. The topological polar surface area (TPSA) is 63.6 Å². The summed E-state index contributed by atoms with van der Waals surface area (Å²) in [5.74, 6) is 0.847. The summed E-state index contributed by atoms with van der Waals surface area (Å²) in [6, 6.07) is 16.8. The molecule has 0 bridgehead atoms. The van der Waals surface area contributed by atoms with Crippen LogP contribution in [0.4, 0.5) is 0 Å². The van der Waals surface area contributed by atoms with E-state index in [1.165, 1.54) is 5.56 Å². The van der Waals surface area contributed by atoms with Crippen LogP contribution >= 0.6 is 0 Å². The molecule has 0 radical (unpaired) electrons. The van der Waals surface area contributed by atoms with Crippen LogP contribution in [0.1, 0.15) is 30.3 Å². The number of rotatable bonds is 5. The number of nitrogens with one attached hydrogen (secondary N) is 1. The Morgan fingerprint density at radius 3 is 2.48 bits per heavy atom. The SMILES string of the molecule is O=c1[nH]c2ccc(-c3cnc(CCc4ccccc4)nc3)cc2n1C1CC1. The van der Waals surface area contributed by atoms with Crippen molar-refractivity contribution in [1.82, 2.24) is 19.5 Å². The zero-order valence-electron chi connectivity index (χ0n) is 14.9. The minimum absolute atomic E-state index is 0.0165. The van der Waals surface area contributed by atoms with Gasteiger partial charge in [0.1, 0.15) is 5.82 Å². The maximum atomic E-state index is 12.2. The molecule has 0 saturated heterocycles. The van der Waals surface area contributed by atoms with Crippen LogP contribution in [-0.2, 0) is 12.8 Å². The maximum Gasteiger partial charge on any atom is 0.326 e. The molecule has 2 heterocycles. The Labute approximate surface area is 156 Å². The van der Waals surface area contributed by atoms with Crippen LogP contribution in [0, 0.1) is 0 Å². The number of hydrogen-bond acceptors (Lipinski definition) is 3. The van der Waals surface area contributed by atoms with Gasteiger partial charge in [-0.2, -0.15) is 0 Å². The normalized spacial score (nSPS) is 13.9. The van der Waals surface area contributed by atoms with Crippen LogP contribution in [0.15, 0.2) is 65.7 Å². The first-order chi connectivity index (χ1) is 13.3. The molecular formula is C22H20N4O. The summed E-state index contributed by atoms with van der Waals surface area (Å²) in [6.07, 6.45) is 7.67. The smallest absolute Gasteiger partial charge is 0.306 e. The van der Waals surface area contributed by atoms with Crippen molar-refractivity contribution in [2.45, 2.75) is 31.7 Å². The van der Waals surface area contributed by atoms with Crippen molar-refractivity contribution in [1.29, 1.82) is 0 Å². The molecule has 134 valence electrons. The molecule has 1 aliphatic rings. The standard InChI is InChI=1S/C22H20N4O/c27-22-25-19-10-7-16(12-20(19)26(22)18-8-9-18)17-13-23-21(24-14-17)11-6-15-4-2-1-3-5-15/h1-5,7,10,12-14,18H,6,8-9,11H2,(H,25,27). The second-order valence-electron chi connectivity index (χ2n) is 7.14. The number of H-pyrrole nitrogens is 1. The van der Waals surface area contributed by atoms with E-state index in [1.54, 1.807) is 0 Å². The molecule has 0 unspecified atom stereocenters. The summed E-state index contributed by atoms with van der Waals surface area (Å²) >= 11 is 0. The minimum Gasteiger partial charge on any atom is -0.306 e. The molecule has 1 saturated carbocycles. The Bertz CT molecular complexity index is 1140. The third-order valence-corrected chi connectivity index (χ3v) is 5.15. The number of aryl methyl sites for hydroxylation is 2. The van der Waals surface area contributed by atoms with Crippen molar-refractivity contribution >= 4 is 11.0 Å². The Balaban J connectivity index is 1.39. The third-order valence-electron chi connectivity index (χ3n) is 5.15. The van der Waals surface area contributed by atoms with Crippen LogP contribution in [0.25, 0.3) is 22.2 Å². The minimum atomic E-state index is -0.0165. The molecular weight excluding hydrogens is 336 g/mol. The van der Waals surface area contributed by atoms with Crippen molar-refractivity contribution in [3.8, 4) is 11.1 Å². The van der Waals surface area contributed by atoms with Gasteiger partial charge in [0.2, 0.25) is 0 Å². The predicted molar refractivity (Wildman–Crippen MR) is 106 cm³/mol. The summed E-state index contributed by atoms with van der Waals surface area (Å²) in [5.41, 5.74) is 5.13. The van der Waals surface area contributed by atoms with Gasteiger partial charge in [0.15, 0.2) is 0 Å². The third kappa shape index (κ3) is 3.16. The molecule has 5 heteroatoms. The molecule has 2 aromatic carbocycles. The lowest BCUT2D eigenvalue weighted by atomic mass is 10.1. The Kier molecular flexibility index (Phi) is 3.85. The predicted octanol–water partition coefficient (Wildman–Crippen LogP) is 3.91. The van der Waals surface area contributed by atoms with Crippen molar-refractivity contribution in [2.24, 2.45) is 0 Å². The van der Waals surface area contributed by atoms with Gasteiger partial charge in [-0.15, -0.1) is 0 Å². The second-order valence-corrected chi connectivity index (χ2v) is 7.14. The van der Waals surface area contributed by atoms with Crippen LogP contribution < -0.4 is 5.69 Å². The Morgan fingerprint density at radius 2 is 1.74 bits per heavy atom. The lowest BCUT2D eigenvalue weighted by molar-refractivity contribution is 0.733. The maximum absolute atomic E-state index is 12.2. The highest BCUT2D eigenvalue weighted by Gasteiger charge is 2.27. The molecule has 0 atom stereocenters. The zero-order chi connectivity index (χ0) is 18.2. The molecule has 0 spiro atoms. The summed E-state index contributed by atoms with van der Waals surface area (Å²) in [4.78, 5) is 24.2. The van der Waals surface area contributed by atoms with E-state index in [-0.39, 0.29) is 5.69 Å². The molecule has 0 aliphatic heterocycles. The fourth-order valence-corrected chi connectivity index (χ4v) is 3.53. The lowest BCUT2D eigenvalue weighted by Gasteiger charge is -2.05. The summed E-state index contributed by atoms with van der Waals surface area (Å²) in [7, 11) is 0. The zero-order valence-corrected chi connectivity index (χ0v) is 14.9. The van der Waals surface area contributed by atoms with Crippen molar-refractivity contribution in [2.75, 3.05) is 0 Å². The number of nitrogens with zero attached hydrogens (tertiary/aromatic N) is 3. The van der Waals surface area contributed by atoms with E-state index in [2.05, 4.69) is 45.3 Å². The number of aromatic nitrogens is 4. The highest BCUT2D eigenvalue weighted by atomic mass is 16.1. The van der Waals surface area contributed by atoms with Crippen molar-refractivity contribution in [3.63, 3.8) is 0 Å². The van der Waals surface area contributed by atoms with Gasteiger partial charge in [0, 0.05) is 30.4 Å². The average Bonchev–Trinajstić information content (AvgIpc) is 3.49. The molecule has 4 aromatic rings.